The number of hydrogen-bond donors (Lipinski definition) is 1. The molecule has 0 unspecified atom stereocenters. The summed E-state index contributed by atoms with van der Waals surface area (Å²) in [6.45, 7) is 3.11. The summed E-state index contributed by atoms with van der Waals surface area (Å²) in [7, 11) is 0. The quantitative estimate of drug-likeness (QED) is 0.375. The van der Waals surface area contributed by atoms with Crippen molar-refractivity contribution >= 4 is 29.7 Å². The molecule has 0 saturated carbocycles. The van der Waals surface area contributed by atoms with Crippen LogP contribution in [-0.4, -0.2) is 73.9 Å². The van der Waals surface area contributed by atoms with Gasteiger partial charge in [-0.25, -0.2) is 9.59 Å². The zero-order valence-corrected chi connectivity index (χ0v) is 18.9. The Morgan fingerprint density at radius 2 is 1.43 bits per heavy atom. The number of nitrogens with zero attached hydrogens (tertiary/aromatic N) is 1. The van der Waals surface area contributed by atoms with Crippen LogP contribution in [0.3, 0.4) is 0 Å². The van der Waals surface area contributed by atoms with E-state index in [2.05, 4.69) is 5.32 Å². The van der Waals surface area contributed by atoms with Gasteiger partial charge in [0.1, 0.15) is 6.42 Å². The molecule has 3 aliphatic rings. The Bertz CT molecular complexity index is 1050. The Hall–Kier alpha value is -4.29. The van der Waals surface area contributed by atoms with Crippen LogP contribution in [0, 0.1) is 0 Å². The van der Waals surface area contributed by atoms with Crippen LogP contribution in [0.25, 0.3) is 0 Å². The highest BCUT2D eigenvalue weighted by molar-refractivity contribution is 6.12. The predicted octanol–water partition coefficient (Wildman–Crippen LogP) is 0.297. The van der Waals surface area contributed by atoms with Gasteiger partial charge in [0.05, 0.1) is 13.2 Å². The van der Waals surface area contributed by atoms with Gasteiger partial charge in [0.25, 0.3) is 11.8 Å². The van der Waals surface area contributed by atoms with Gasteiger partial charge in [-0.15, -0.1) is 0 Å². The molecule has 13 nitrogen and oxygen atoms in total. The van der Waals surface area contributed by atoms with Crippen molar-refractivity contribution in [2.24, 2.45) is 0 Å². The minimum atomic E-state index is -1.20. The number of nitrogens with one attached hydrogen (secondary N) is 1. The van der Waals surface area contributed by atoms with E-state index in [0.29, 0.717) is 0 Å². The average Bonchev–Trinajstić information content (AvgIpc) is 3.52. The van der Waals surface area contributed by atoms with E-state index >= 15 is 0 Å². The van der Waals surface area contributed by atoms with Gasteiger partial charge in [-0.05, 0) is 13.8 Å². The molecule has 1 aromatic rings. The maximum atomic E-state index is 12.7. The normalized spacial score (nSPS) is 15.5. The van der Waals surface area contributed by atoms with Gasteiger partial charge in [0.2, 0.25) is 19.0 Å². The topological polar surface area (TPSA) is 156 Å². The van der Waals surface area contributed by atoms with Crippen molar-refractivity contribution < 1.29 is 52.4 Å². The molecule has 1 N–H and O–H groups in total. The van der Waals surface area contributed by atoms with Gasteiger partial charge in [-0.1, -0.05) is 0 Å². The summed E-state index contributed by atoms with van der Waals surface area (Å²) in [6, 6.07) is 0. The SMILES string of the molecule is CCOC(=O)c1c2c(c(C(=O)OCC)c3c1OC(CC(=O)NCCN1C(=O)C=CC1=O)O3)OCO2. The Morgan fingerprint density at radius 1 is 0.914 bits per heavy atom. The van der Waals surface area contributed by atoms with E-state index < -0.39 is 36.0 Å². The highest BCUT2D eigenvalue weighted by atomic mass is 16.7. The van der Waals surface area contributed by atoms with E-state index in [1.165, 1.54) is 0 Å². The molecule has 35 heavy (non-hydrogen) atoms. The van der Waals surface area contributed by atoms with Crippen molar-refractivity contribution in [1.82, 2.24) is 10.2 Å². The number of amides is 3. The molecule has 0 aromatic heterocycles. The van der Waals surface area contributed by atoms with Crippen LogP contribution >= 0.6 is 0 Å². The third-order valence-electron chi connectivity index (χ3n) is 5.10. The number of ether oxygens (including phenoxy) is 6. The molecule has 0 atom stereocenters. The maximum Gasteiger partial charge on any atom is 0.346 e. The minimum absolute atomic E-state index is 0.00950. The molecular weight excluding hydrogens is 468 g/mol. The van der Waals surface area contributed by atoms with Gasteiger partial charge in [0, 0.05) is 25.2 Å². The van der Waals surface area contributed by atoms with Crippen LogP contribution in [0.4, 0.5) is 0 Å². The standard InChI is InChI=1S/C22H22N2O11/c1-3-30-21(28)15-17-18(33-10-32-17)16(22(29)31-4-2)20-19(15)34-14(35-20)9-11(25)23-7-8-24-12(26)5-6-13(24)27/h5-6,14H,3-4,7-10H2,1-2H3,(H,23,25). The number of carbonyl (C=O) groups is 5. The summed E-state index contributed by atoms with van der Waals surface area (Å²) in [5.74, 6) is -3.38. The molecule has 3 aliphatic heterocycles. The third kappa shape index (κ3) is 4.56. The molecule has 3 amide bonds. The minimum Gasteiger partial charge on any atom is -0.462 e. The largest absolute Gasteiger partial charge is 0.462 e. The number of fused-ring (bicyclic) bond motifs is 2. The molecule has 0 radical (unpaired) electrons. The molecule has 0 fully saturated rings. The lowest BCUT2D eigenvalue weighted by molar-refractivity contribution is -0.137. The average molecular weight is 490 g/mol. The third-order valence-corrected chi connectivity index (χ3v) is 5.10. The van der Waals surface area contributed by atoms with Crippen molar-refractivity contribution in [3.8, 4) is 23.0 Å². The van der Waals surface area contributed by atoms with Crippen molar-refractivity contribution in [1.29, 1.82) is 0 Å². The molecule has 0 bridgehead atoms. The van der Waals surface area contributed by atoms with E-state index in [0.717, 1.165) is 17.1 Å². The number of benzene rings is 1. The maximum absolute atomic E-state index is 12.7. The molecule has 186 valence electrons. The van der Waals surface area contributed by atoms with Gasteiger partial charge >= 0.3 is 11.9 Å². The first-order valence-electron chi connectivity index (χ1n) is 10.8. The highest BCUT2D eigenvalue weighted by Gasteiger charge is 2.43. The number of rotatable bonds is 9. The van der Waals surface area contributed by atoms with Gasteiger partial charge in [0.15, 0.2) is 34.1 Å². The lowest BCUT2D eigenvalue weighted by Gasteiger charge is -2.15. The van der Waals surface area contributed by atoms with Crippen molar-refractivity contribution in [3.05, 3.63) is 23.3 Å². The van der Waals surface area contributed by atoms with Crippen LogP contribution in [0.15, 0.2) is 12.2 Å². The second-order valence-electron chi connectivity index (χ2n) is 7.29. The van der Waals surface area contributed by atoms with Gasteiger partial charge in [-0.2, -0.15) is 0 Å². The molecule has 0 spiro atoms. The molecule has 0 saturated heterocycles. The second kappa shape index (κ2) is 9.91. The number of hydrogen-bond acceptors (Lipinski definition) is 11. The number of carbonyl (C=O) groups excluding carboxylic acids is 5. The van der Waals surface area contributed by atoms with E-state index in [9.17, 15) is 24.0 Å². The van der Waals surface area contributed by atoms with Crippen molar-refractivity contribution in [3.63, 3.8) is 0 Å². The smallest absolute Gasteiger partial charge is 0.346 e. The van der Waals surface area contributed by atoms with E-state index in [-0.39, 0.29) is 73.6 Å². The zero-order chi connectivity index (χ0) is 25.1. The fourth-order valence-corrected chi connectivity index (χ4v) is 3.64. The molecule has 13 heteroatoms. The first kappa shape index (κ1) is 23.9. The molecule has 0 aliphatic carbocycles. The van der Waals surface area contributed by atoms with E-state index in [4.69, 9.17) is 28.4 Å². The summed E-state index contributed by atoms with van der Waals surface area (Å²) in [4.78, 5) is 61.9. The summed E-state index contributed by atoms with van der Waals surface area (Å²) < 4.78 is 32.5. The Balaban J connectivity index is 1.51. The number of esters is 2. The second-order valence-corrected chi connectivity index (χ2v) is 7.29. The summed E-state index contributed by atoms with van der Waals surface area (Å²) in [5, 5.41) is 2.56. The van der Waals surface area contributed by atoms with Crippen molar-refractivity contribution in [2.45, 2.75) is 26.6 Å². The monoisotopic (exact) mass is 490 g/mol. The lowest BCUT2D eigenvalue weighted by Crippen LogP contribution is -2.39. The van der Waals surface area contributed by atoms with Crippen molar-refractivity contribution in [2.75, 3.05) is 33.1 Å². The van der Waals surface area contributed by atoms with E-state index in [1.54, 1.807) is 13.8 Å². The molecule has 1 aromatic carbocycles. The summed E-state index contributed by atoms with van der Waals surface area (Å²) in [6.07, 6.45) is 0.764. The number of imide groups is 1. The van der Waals surface area contributed by atoms with Crippen LogP contribution < -0.4 is 24.3 Å². The first-order chi connectivity index (χ1) is 16.8. The van der Waals surface area contributed by atoms with E-state index in [1.807, 2.05) is 0 Å². The Kier molecular flexibility index (Phi) is 6.75. The van der Waals surface area contributed by atoms with Gasteiger partial charge < -0.3 is 33.7 Å². The van der Waals surface area contributed by atoms with Gasteiger partial charge in [-0.3, -0.25) is 19.3 Å². The lowest BCUT2D eigenvalue weighted by atomic mass is 10.1. The molecule has 4 rings (SSSR count). The molecular formula is C22H22N2O11. The Morgan fingerprint density at radius 3 is 1.91 bits per heavy atom. The Labute approximate surface area is 198 Å². The van der Waals surface area contributed by atoms with Crippen LogP contribution in [0.2, 0.25) is 0 Å². The van der Waals surface area contributed by atoms with Crippen LogP contribution in [0.5, 0.6) is 23.0 Å². The fourth-order valence-electron chi connectivity index (χ4n) is 3.64. The first-order valence-corrected chi connectivity index (χ1v) is 10.8. The van der Waals surface area contributed by atoms with Crippen LogP contribution in [0.1, 0.15) is 41.0 Å². The fraction of sp³-hybridized carbons (Fsp3) is 0.409. The summed E-state index contributed by atoms with van der Waals surface area (Å²) in [5.41, 5.74) is -0.271. The predicted molar refractivity (Wildman–Crippen MR) is 113 cm³/mol. The summed E-state index contributed by atoms with van der Waals surface area (Å²) >= 11 is 0. The van der Waals surface area contributed by atoms with Crippen LogP contribution in [-0.2, 0) is 23.9 Å². The zero-order valence-electron chi connectivity index (χ0n) is 18.9. The highest BCUT2D eigenvalue weighted by Crippen LogP contribution is 2.54. The molecule has 3 heterocycles.